The number of hydrogen-bond donors (Lipinski definition) is 0. The molecule has 2 aromatic rings. The predicted molar refractivity (Wildman–Crippen MR) is 81.8 cm³/mol. The van der Waals surface area contributed by atoms with E-state index in [0.29, 0.717) is 24.5 Å². The van der Waals surface area contributed by atoms with Crippen LogP contribution in [0.25, 0.3) is 0 Å². The number of ether oxygens (including phenoxy) is 3. The highest BCUT2D eigenvalue weighted by Crippen LogP contribution is 2.42. The predicted octanol–water partition coefficient (Wildman–Crippen LogP) is 3.35. The molecule has 2 aromatic carbocycles. The van der Waals surface area contributed by atoms with Gasteiger partial charge < -0.3 is 14.2 Å². The van der Waals surface area contributed by atoms with Crippen LogP contribution in [-0.2, 0) is 16.0 Å². The molecule has 0 saturated carbocycles. The van der Waals surface area contributed by atoms with Gasteiger partial charge in [0.15, 0.2) is 11.5 Å². The number of carbonyl (C=O) groups excluding carboxylic acids is 1. The highest BCUT2D eigenvalue weighted by molar-refractivity contribution is 5.71. The Kier molecular flexibility index (Phi) is 4.00. The summed E-state index contributed by atoms with van der Waals surface area (Å²) in [6, 6.07) is 17.3. The fourth-order valence-electron chi connectivity index (χ4n) is 2.59. The van der Waals surface area contributed by atoms with E-state index in [9.17, 15) is 4.79 Å². The Bertz CT molecular complexity index is 626. The molecule has 0 radical (unpaired) electrons. The van der Waals surface area contributed by atoms with E-state index in [1.807, 2.05) is 54.6 Å². The largest absolute Gasteiger partial charge is 0.466 e. The zero-order valence-corrected chi connectivity index (χ0v) is 12.5. The molecule has 4 heteroatoms. The number of rotatable bonds is 5. The molecule has 0 spiro atoms. The van der Waals surface area contributed by atoms with Gasteiger partial charge in [0.1, 0.15) is 6.42 Å². The molecule has 0 amide bonds. The van der Waals surface area contributed by atoms with Crippen molar-refractivity contribution < 1.29 is 19.0 Å². The standard InChI is InChI=1S/C18H18O4/c1-2-20-17(19)13-18(12-14-8-4-3-5-9-14)21-15-10-6-7-11-16(15)22-18/h3-11H,2,12-13H2,1H3. The first kappa shape index (κ1) is 14.4. The van der Waals surface area contributed by atoms with Gasteiger partial charge in [-0.2, -0.15) is 0 Å². The highest BCUT2D eigenvalue weighted by atomic mass is 16.7. The Labute approximate surface area is 129 Å². The van der Waals surface area contributed by atoms with E-state index in [0.717, 1.165) is 5.56 Å². The number of esters is 1. The Balaban J connectivity index is 1.86. The summed E-state index contributed by atoms with van der Waals surface area (Å²) in [7, 11) is 0. The monoisotopic (exact) mass is 298 g/mol. The minimum absolute atomic E-state index is 0.0460. The van der Waals surface area contributed by atoms with Crippen LogP contribution in [0.5, 0.6) is 11.5 Å². The zero-order chi connectivity index (χ0) is 15.4. The molecule has 1 aliphatic rings. The molecule has 22 heavy (non-hydrogen) atoms. The van der Waals surface area contributed by atoms with Gasteiger partial charge in [0, 0.05) is 0 Å². The van der Waals surface area contributed by atoms with Crippen LogP contribution in [0.1, 0.15) is 18.9 Å². The second-order valence-corrected chi connectivity index (χ2v) is 5.21. The van der Waals surface area contributed by atoms with E-state index in [2.05, 4.69) is 0 Å². The number of benzene rings is 2. The van der Waals surface area contributed by atoms with Crippen LogP contribution >= 0.6 is 0 Å². The first-order valence-corrected chi connectivity index (χ1v) is 7.37. The lowest BCUT2D eigenvalue weighted by Gasteiger charge is -2.27. The summed E-state index contributed by atoms with van der Waals surface area (Å²) in [6.45, 7) is 2.13. The van der Waals surface area contributed by atoms with Crippen molar-refractivity contribution in [3.05, 3.63) is 60.2 Å². The summed E-state index contributed by atoms with van der Waals surface area (Å²) in [6.07, 6.45) is 0.520. The van der Waals surface area contributed by atoms with Gasteiger partial charge in [0.2, 0.25) is 0 Å². The number of para-hydroxylation sites is 2. The summed E-state index contributed by atoms with van der Waals surface area (Å²) < 4.78 is 17.1. The molecule has 0 unspecified atom stereocenters. The molecule has 0 atom stereocenters. The van der Waals surface area contributed by atoms with Crippen molar-refractivity contribution in [3.63, 3.8) is 0 Å². The highest BCUT2D eigenvalue weighted by Gasteiger charge is 2.44. The number of carbonyl (C=O) groups is 1. The van der Waals surface area contributed by atoms with Crippen LogP contribution in [0, 0.1) is 0 Å². The fourth-order valence-corrected chi connectivity index (χ4v) is 2.59. The molecule has 0 N–H and O–H groups in total. The SMILES string of the molecule is CCOC(=O)CC1(Cc2ccccc2)Oc2ccccc2O1. The van der Waals surface area contributed by atoms with Crippen LogP contribution < -0.4 is 9.47 Å². The van der Waals surface area contributed by atoms with Gasteiger partial charge in [-0.1, -0.05) is 42.5 Å². The van der Waals surface area contributed by atoms with E-state index < -0.39 is 5.79 Å². The third-order valence-electron chi connectivity index (χ3n) is 3.48. The second-order valence-electron chi connectivity index (χ2n) is 5.21. The first-order valence-electron chi connectivity index (χ1n) is 7.37. The van der Waals surface area contributed by atoms with E-state index >= 15 is 0 Å². The van der Waals surface area contributed by atoms with Crippen molar-refractivity contribution in [3.8, 4) is 11.5 Å². The zero-order valence-electron chi connectivity index (χ0n) is 12.5. The third-order valence-corrected chi connectivity index (χ3v) is 3.48. The topological polar surface area (TPSA) is 44.8 Å². The van der Waals surface area contributed by atoms with Crippen molar-refractivity contribution in [2.24, 2.45) is 0 Å². The fraction of sp³-hybridized carbons (Fsp3) is 0.278. The van der Waals surface area contributed by atoms with Crippen LogP contribution in [0.4, 0.5) is 0 Å². The van der Waals surface area contributed by atoms with Gasteiger partial charge in [-0.05, 0) is 24.6 Å². The molecule has 3 rings (SSSR count). The van der Waals surface area contributed by atoms with E-state index in [-0.39, 0.29) is 12.4 Å². The molecule has 0 aliphatic carbocycles. The molecule has 4 nitrogen and oxygen atoms in total. The Morgan fingerprint density at radius 1 is 1.00 bits per heavy atom. The summed E-state index contributed by atoms with van der Waals surface area (Å²) in [5.41, 5.74) is 1.04. The average Bonchev–Trinajstić information content (AvgIpc) is 2.85. The molecular weight excluding hydrogens is 280 g/mol. The maximum atomic E-state index is 12.0. The van der Waals surface area contributed by atoms with Crippen molar-refractivity contribution in [1.29, 1.82) is 0 Å². The van der Waals surface area contributed by atoms with Crippen LogP contribution in [0.15, 0.2) is 54.6 Å². The van der Waals surface area contributed by atoms with E-state index in [4.69, 9.17) is 14.2 Å². The lowest BCUT2D eigenvalue weighted by molar-refractivity contribution is -0.157. The minimum Gasteiger partial charge on any atom is -0.466 e. The first-order chi connectivity index (χ1) is 10.7. The van der Waals surface area contributed by atoms with Crippen LogP contribution in [-0.4, -0.2) is 18.4 Å². The van der Waals surface area contributed by atoms with E-state index in [1.165, 1.54) is 0 Å². The van der Waals surface area contributed by atoms with Gasteiger partial charge in [-0.25, -0.2) is 0 Å². The average molecular weight is 298 g/mol. The quantitative estimate of drug-likeness (QED) is 0.794. The van der Waals surface area contributed by atoms with Crippen molar-refractivity contribution in [2.75, 3.05) is 6.61 Å². The Morgan fingerprint density at radius 2 is 1.59 bits per heavy atom. The van der Waals surface area contributed by atoms with Gasteiger partial charge in [-0.15, -0.1) is 0 Å². The van der Waals surface area contributed by atoms with Crippen LogP contribution in [0.2, 0.25) is 0 Å². The molecular formula is C18H18O4. The maximum Gasteiger partial charge on any atom is 0.313 e. The van der Waals surface area contributed by atoms with Gasteiger partial charge in [-0.3, -0.25) is 4.79 Å². The molecule has 0 bridgehead atoms. The molecule has 1 heterocycles. The lowest BCUT2D eigenvalue weighted by Crippen LogP contribution is -2.43. The molecule has 114 valence electrons. The summed E-state index contributed by atoms with van der Waals surface area (Å²) in [5, 5.41) is 0. The van der Waals surface area contributed by atoms with Gasteiger partial charge in [0.05, 0.1) is 13.0 Å². The Hall–Kier alpha value is -2.49. The molecule has 0 fully saturated rings. The normalized spacial score (nSPS) is 14.6. The minimum atomic E-state index is -1.04. The van der Waals surface area contributed by atoms with Gasteiger partial charge >= 0.3 is 5.97 Å². The van der Waals surface area contributed by atoms with E-state index in [1.54, 1.807) is 6.92 Å². The Morgan fingerprint density at radius 3 is 2.18 bits per heavy atom. The van der Waals surface area contributed by atoms with Crippen LogP contribution in [0.3, 0.4) is 0 Å². The third kappa shape index (κ3) is 3.06. The van der Waals surface area contributed by atoms with Gasteiger partial charge in [0.25, 0.3) is 5.79 Å². The van der Waals surface area contributed by atoms with Crippen molar-refractivity contribution in [2.45, 2.75) is 25.6 Å². The second kappa shape index (κ2) is 6.10. The number of hydrogen-bond acceptors (Lipinski definition) is 4. The number of fused-ring (bicyclic) bond motifs is 1. The van der Waals surface area contributed by atoms with Crippen molar-refractivity contribution >= 4 is 5.97 Å². The summed E-state index contributed by atoms with van der Waals surface area (Å²) >= 11 is 0. The lowest BCUT2D eigenvalue weighted by atomic mass is 10.0. The smallest absolute Gasteiger partial charge is 0.313 e. The summed E-state index contributed by atoms with van der Waals surface area (Å²) in [5.74, 6) is -0.0613. The molecule has 0 saturated heterocycles. The summed E-state index contributed by atoms with van der Waals surface area (Å²) in [4.78, 5) is 12.0. The molecule has 1 aliphatic heterocycles. The van der Waals surface area contributed by atoms with Crippen molar-refractivity contribution in [1.82, 2.24) is 0 Å². The maximum absolute atomic E-state index is 12.0. The molecule has 0 aromatic heterocycles.